The van der Waals surface area contributed by atoms with Gasteiger partial charge in [0.15, 0.2) is 5.76 Å². The molecular formula is C13H8BrNO2S. The third-order valence-corrected chi connectivity index (χ3v) is 3.82. The Kier molecular flexibility index (Phi) is 2.80. The molecule has 18 heavy (non-hydrogen) atoms. The maximum atomic E-state index is 12.2. The molecule has 0 aliphatic carbocycles. The number of aryl methyl sites for hydroxylation is 1. The lowest BCUT2D eigenvalue weighted by Crippen LogP contribution is -1.99. The normalized spacial score (nSPS) is 11.0. The van der Waals surface area contributed by atoms with E-state index in [-0.39, 0.29) is 5.78 Å². The molecule has 0 N–H and O–H groups in total. The summed E-state index contributed by atoms with van der Waals surface area (Å²) in [6, 6.07) is 7.38. The van der Waals surface area contributed by atoms with Gasteiger partial charge in [-0.15, -0.1) is 11.3 Å². The van der Waals surface area contributed by atoms with Crippen LogP contribution in [0.1, 0.15) is 21.3 Å². The van der Waals surface area contributed by atoms with E-state index in [9.17, 15) is 4.79 Å². The zero-order chi connectivity index (χ0) is 12.7. The molecular weight excluding hydrogens is 314 g/mol. The van der Waals surface area contributed by atoms with Crippen LogP contribution >= 0.6 is 27.3 Å². The van der Waals surface area contributed by atoms with Crippen molar-refractivity contribution in [1.82, 2.24) is 4.98 Å². The van der Waals surface area contributed by atoms with Crippen molar-refractivity contribution in [3.63, 3.8) is 0 Å². The number of furan rings is 1. The number of benzene rings is 1. The fourth-order valence-electron chi connectivity index (χ4n) is 1.72. The van der Waals surface area contributed by atoms with Crippen molar-refractivity contribution in [1.29, 1.82) is 0 Å². The summed E-state index contributed by atoms with van der Waals surface area (Å²) in [6.07, 6.45) is 0. The summed E-state index contributed by atoms with van der Waals surface area (Å²) in [5.41, 5.74) is 1.14. The van der Waals surface area contributed by atoms with Crippen molar-refractivity contribution in [3.8, 4) is 0 Å². The first-order chi connectivity index (χ1) is 8.63. The minimum Gasteiger partial charge on any atom is -0.453 e. The summed E-state index contributed by atoms with van der Waals surface area (Å²) >= 11 is 4.85. The van der Waals surface area contributed by atoms with Crippen LogP contribution in [0.25, 0.3) is 11.0 Å². The second kappa shape index (κ2) is 4.33. The van der Waals surface area contributed by atoms with Crippen molar-refractivity contribution < 1.29 is 9.21 Å². The number of rotatable bonds is 2. The van der Waals surface area contributed by atoms with Crippen LogP contribution < -0.4 is 0 Å². The third-order valence-electron chi connectivity index (χ3n) is 2.55. The Balaban J connectivity index is 2.06. The highest BCUT2D eigenvalue weighted by Gasteiger charge is 2.17. The van der Waals surface area contributed by atoms with E-state index in [2.05, 4.69) is 20.9 Å². The Morgan fingerprint density at radius 1 is 1.39 bits per heavy atom. The molecule has 0 unspecified atom stereocenters. The number of carbonyl (C=O) groups is 1. The van der Waals surface area contributed by atoms with Crippen molar-refractivity contribution in [2.24, 2.45) is 0 Å². The van der Waals surface area contributed by atoms with Gasteiger partial charge >= 0.3 is 0 Å². The van der Waals surface area contributed by atoms with Crippen LogP contribution in [-0.2, 0) is 0 Å². The van der Waals surface area contributed by atoms with Crippen molar-refractivity contribution in [2.45, 2.75) is 6.92 Å². The molecule has 90 valence electrons. The predicted octanol–water partition coefficient (Wildman–Crippen LogP) is 4.19. The average Bonchev–Trinajstić information content (AvgIpc) is 2.93. The van der Waals surface area contributed by atoms with Crippen LogP contribution in [0.3, 0.4) is 0 Å². The van der Waals surface area contributed by atoms with Gasteiger partial charge in [-0.3, -0.25) is 4.79 Å². The zero-order valence-corrected chi connectivity index (χ0v) is 11.8. The van der Waals surface area contributed by atoms with Crippen LogP contribution in [0.15, 0.2) is 38.5 Å². The number of halogens is 1. The minimum absolute atomic E-state index is 0.174. The molecule has 0 aliphatic heterocycles. The summed E-state index contributed by atoms with van der Waals surface area (Å²) in [7, 11) is 0. The second-order valence-electron chi connectivity index (χ2n) is 3.87. The first-order valence-electron chi connectivity index (χ1n) is 5.29. The van der Waals surface area contributed by atoms with Gasteiger partial charge in [-0.1, -0.05) is 15.9 Å². The van der Waals surface area contributed by atoms with E-state index in [1.807, 2.05) is 25.1 Å². The molecule has 3 nitrogen and oxygen atoms in total. The molecule has 0 atom stereocenters. The van der Waals surface area contributed by atoms with E-state index in [1.54, 1.807) is 11.4 Å². The molecule has 0 fully saturated rings. The summed E-state index contributed by atoms with van der Waals surface area (Å²) in [5.74, 6) is 0.153. The van der Waals surface area contributed by atoms with Gasteiger partial charge < -0.3 is 4.42 Å². The molecule has 0 spiro atoms. The summed E-state index contributed by atoms with van der Waals surface area (Å²) in [5, 5.41) is 3.53. The first-order valence-corrected chi connectivity index (χ1v) is 6.97. The lowest BCUT2D eigenvalue weighted by Gasteiger charge is -1.90. The van der Waals surface area contributed by atoms with Crippen LogP contribution in [0, 0.1) is 6.92 Å². The second-order valence-corrected chi connectivity index (χ2v) is 5.85. The van der Waals surface area contributed by atoms with E-state index in [0.717, 1.165) is 14.9 Å². The summed E-state index contributed by atoms with van der Waals surface area (Å²) in [4.78, 5) is 16.3. The summed E-state index contributed by atoms with van der Waals surface area (Å²) in [6.45, 7) is 1.87. The minimum atomic E-state index is -0.174. The van der Waals surface area contributed by atoms with Crippen molar-refractivity contribution in [2.75, 3.05) is 0 Å². The molecule has 3 rings (SSSR count). The fraction of sp³-hybridized carbons (Fsp3) is 0.0769. The van der Waals surface area contributed by atoms with Gasteiger partial charge in [0, 0.05) is 15.2 Å². The van der Waals surface area contributed by atoms with Crippen molar-refractivity contribution >= 4 is 44.0 Å². The number of nitrogens with zero attached hydrogens (tertiary/aromatic N) is 1. The fourth-order valence-corrected chi connectivity index (χ4v) is 2.69. The molecule has 0 aliphatic rings. The van der Waals surface area contributed by atoms with Gasteiger partial charge in [0.1, 0.15) is 11.3 Å². The molecule has 5 heteroatoms. The van der Waals surface area contributed by atoms with E-state index in [1.165, 1.54) is 11.3 Å². The topological polar surface area (TPSA) is 43.1 Å². The highest BCUT2D eigenvalue weighted by molar-refractivity contribution is 9.10. The van der Waals surface area contributed by atoms with Gasteiger partial charge in [0.05, 0.1) is 5.01 Å². The Bertz CT molecular complexity index is 744. The van der Waals surface area contributed by atoms with Gasteiger partial charge in [-0.25, -0.2) is 4.98 Å². The number of carbonyl (C=O) groups excluding carboxylic acids is 1. The highest BCUT2D eigenvalue weighted by atomic mass is 79.9. The van der Waals surface area contributed by atoms with Gasteiger partial charge in [0.2, 0.25) is 5.78 Å². The largest absolute Gasteiger partial charge is 0.453 e. The number of hydrogen-bond acceptors (Lipinski definition) is 4. The van der Waals surface area contributed by atoms with E-state index in [0.29, 0.717) is 17.0 Å². The number of ketones is 1. The molecule has 1 aromatic carbocycles. The lowest BCUT2D eigenvalue weighted by atomic mass is 10.2. The molecule has 2 aromatic heterocycles. The van der Waals surface area contributed by atoms with Gasteiger partial charge in [-0.05, 0) is 31.2 Å². The van der Waals surface area contributed by atoms with Crippen LogP contribution in [-0.4, -0.2) is 10.8 Å². The number of hydrogen-bond donors (Lipinski definition) is 0. The highest BCUT2D eigenvalue weighted by Crippen LogP contribution is 2.25. The predicted molar refractivity (Wildman–Crippen MR) is 74.2 cm³/mol. The van der Waals surface area contributed by atoms with Crippen LogP contribution in [0.4, 0.5) is 0 Å². The monoisotopic (exact) mass is 321 g/mol. The van der Waals surface area contributed by atoms with E-state index < -0.39 is 0 Å². The zero-order valence-electron chi connectivity index (χ0n) is 9.44. The Morgan fingerprint density at radius 3 is 2.94 bits per heavy atom. The molecule has 0 radical (unpaired) electrons. The summed E-state index contributed by atoms with van der Waals surface area (Å²) < 4.78 is 6.50. The smallest absolute Gasteiger partial charge is 0.247 e. The molecule has 2 heterocycles. The first kappa shape index (κ1) is 11.6. The van der Waals surface area contributed by atoms with Crippen molar-refractivity contribution in [3.05, 3.63) is 50.6 Å². The number of thiazole rings is 1. The maximum absolute atomic E-state index is 12.2. The lowest BCUT2D eigenvalue weighted by molar-refractivity contribution is 0.101. The molecule has 0 saturated heterocycles. The Morgan fingerprint density at radius 2 is 2.22 bits per heavy atom. The number of fused-ring (bicyclic) bond motifs is 1. The molecule has 0 saturated carbocycles. The molecule has 0 bridgehead atoms. The molecule has 3 aromatic rings. The van der Waals surface area contributed by atoms with E-state index >= 15 is 0 Å². The average molecular weight is 322 g/mol. The van der Waals surface area contributed by atoms with Crippen LogP contribution in [0.5, 0.6) is 0 Å². The maximum Gasteiger partial charge on any atom is 0.247 e. The Labute approximate surface area is 116 Å². The Hall–Kier alpha value is -1.46. The third kappa shape index (κ3) is 2.00. The standard InChI is InChI=1S/C13H8BrNO2S/c1-7-15-10(6-18-7)13(16)12-5-8-4-9(14)2-3-11(8)17-12/h2-6H,1H3. The quantitative estimate of drug-likeness (QED) is 0.664. The van der Waals surface area contributed by atoms with E-state index in [4.69, 9.17) is 4.42 Å². The van der Waals surface area contributed by atoms with Crippen LogP contribution in [0.2, 0.25) is 0 Å². The SMILES string of the molecule is Cc1nc(C(=O)c2cc3cc(Br)ccc3o2)cs1. The van der Waals surface area contributed by atoms with Gasteiger partial charge in [0.25, 0.3) is 0 Å². The number of aromatic nitrogens is 1. The molecule has 0 amide bonds. The van der Waals surface area contributed by atoms with Gasteiger partial charge in [-0.2, -0.15) is 0 Å².